The zero-order valence-electron chi connectivity index (χ0n) is 18.8. The van der Waals surface area contributed by atoms with Crippen LogP contribution in [0.3, 0.4) is 0 Å². The number of para-hydroxylation sites is 1. The van der Waals surface area contributed by atoms with Gasteiger partial charge in [0, 0.05) is 28.8 Å². The van der Waals surface area contributed by atoms with Crippen LogP contribution in [0.5, 0.6) is 0 Å². The Labute approximate surface area is 207 Å². The molecule has 2 amide bonds. The molecule has 0 saturated carbocycles. The number of nitrogens with zero attached hydrogens (tertiary/aromatic N) is 5. The first-order chi connectivity index (χ1) is 17.4. The van der Waals surface area contributed by atoms with Gasteiger partial charge < -0.3 is 25.5 Å². The fourth-order valence-electron chi connectivity index (χ4n) is 4.19. The van der Waals surface area contributed by atoms with Crippen molar-refractivity contribution in [1.82, 2.24) is 20.4 Å². The Morgan fingerprint density at radius 3 is 2.86 bits per heavy atom. The van der Waals surface area contributed by atoms with Gasteiger partial charge >= 0.3 is 12.0 Å². The fraction of sp³-hybridized carbons (Fsp3) is 0.227. The number of rotatable bonds is 7. The predicted molar refractivity (Wildman–Crippen MR) is 126 cm³/mol. The molecule has 184 valence electrons. The molecule has 14 heteroatoms. The normalized spacial score (nSPS) is 19.6. The summed E-state index contributed by atoms with van der Waals surface area (Å²) in [4.78, 5) is 47.7. The summed E-state index contributed by atoms with van der Waals surface area (Å²) in [5, 5.41) is 20.1. The summed E-state index contributed by atoms with van der Waals surface area (Å²) in [6.07, 6.45) is 1.87. The number of hydrogen-bond acceptors (Lipinski definition) is 10. The van der Waals surface area contributed by atoms with Gasteiger partial charge in [0.05, 0.1) is 0 Å². The van der Waals surface area contributed by atoms with Gasteiger partial charge in [-0.3, -0.25) is 14.5 Å². The van der Waals surface area contributed by atoms with Gasteiger partial charge in [0.1, 0.15) is 24.2 Å². The minimum absolute atomic E-state index is 0.0774. The highest BCUT2D eigenvalue weighted by atomic mass is 32.2. The number of thioether (sulfide) groups is 1. The van der Waals surface area contributed by atoms with E-state index in [0.29, 0.717) is 17.9 Å². The van der Waals surface area contributed by atoms with Gasteiger partial charge in [-0.05, 0) is 12.1 Å². The van der Waals surface area contributed by atoms with Crippen LogP contribution in [0.2, 0.25) is 0 Å². The minimum atomic E-state index is -1.21. The van der Waals surface area contributed by atoms with Crippen molar-refractivity contribution in [2.75, 3.05) is 18.6 Å². The number of amides is 2. The van der Waals surface area contributed by atoms with E-state index in [-0.39, 0.29) is 23.2 Å². The maximum absolute atomic E-state index is 13.0. The van der Waals surface area contributed by atoms with Crippen molar-refractivity contribution in [2.45, 2.75) is 18.0 Å². The van der Waals surface area contributed by atoms with E-state index < -0.39 is 29.2 Å². The molecule has 0 aliphatic carbocycles. The third-order valence-corrected chi connectivity index (χ3v) is 7.08. The van der Waals surface area contributed by atoms with Crippen molar-refractivity contribution < 1.29 is 33.4 Å². The number of benzene rings is 1. The molecule has 2 aliphatic rings. The van der Waals surface area contributed by atoms with E-state index in [1.807, 2.05) is 47.2 Å². The first kappa shape index (κ1) is 23.3. The van der Waals surface area contributed by atoms with Gasteiger partial charge in [-0.15, -0.1) is 11.8 Å². The van der Waals surface area contributed by atoms with Gasteiger partial charge in [-0.25, -0.2) is 4.79 Å². The van der Waals surface area contributed by atoms with E-state index in [2.05, 4.69) is 30.0 Å². The summed E-state index contributed by atoms with van der Waals surface area (Å²) in [5.41, 5.74) is 6.52. The zero-order valence-corrected chi connectivity index (χ0v) is 19.6. The molecule has 1 fully saturated rings. The second kappa shape index (κ2) is 9.30. The van der Waals surface area contributed by atoms with Crippen molar-refractivity contribution >= 4 is 52.2 Å². The highest BCUT2D eigenvalue weighted by Gasteiger charge is 2.55. The van der Waals surface area contributed by atoms with E-state index in [1.165, 1.54) is 23.8 Å². The number of nitrogen functional groups attached to an aromatic ring is 1. The Hall–Kier alpha value is -4.46. The van der Waals surface area contributed by atoms with Crippen LogP contribution in [0.15, 0.2) is 63.5 Å². The maximum atomic E-state index is 13.0. The van der Waals surface area contributed by atoms with E-state index in [1.54, 1.807) is 0 Å². The predicted octanol–water partition coefficient (Wildman–Crippen LogP) is -0.118. The lowest BCUT2D eigenvalue weighted by Gasteiger charge is -2.49. The molecule has 0 spiro atoms. The van der Waals surface area contributed by atoms with Crippen molar-refractivity contribution in [2.24, 2.45) is 5.16 Å². The molecule has 1 saturated heterocycles. The zero-order chi connectivity index (χ0) is 25.4. The lowest BCUT2D eigenvalue weighted by atomic mass is 10.0. The molecule has 1 unspecified atom stereocenters. The molecule has 2 atom stereocenters. The van der Waals surface area contributed by atoms with Crippen molar-refractivity contribution in [1.29, 1.82) is 0 Å². The maximum Gasteiger partial charge on any atom is 0.352 e. The van der Waals surface area contributed by atoms with E-state index in [4.69, 9.17) is 5.73 Å². The van der Waals surface area contributed by atoms with Gasteiger partial charge in [0.2, 0.25) is 17.1 Å². The quantitative estimate of drug-likeness (QED) is 0.168. The highest BCUT2D eigenvalue weighted by molar-refractivity contribution is 8.00. The van der Waals surface area contributed by atoms with Crippen LogP contribution >= 0.6 is 11.8 Å². The highest BCUT2D eigenvalue weighted by Crippen LogP contribution is 2.40. The molecule has 3 aromatic rings. The molecule has 5 rings (SSSR count). The second-order valence-corrected chi connectivity index (χ2v) is 9.00. The summed E-state index contributed by atoms with van der Waals surface area (Å²) in [5.74, 6) is -2.42. The Morgan fingerprint density at radius 2 is 2.14 bits per heavy atom. The molecule has 1 aromatic carbocycles. The smallest absolute Gasteiger partial charge is 0.352 e. The van der Waals surface area contributed by atoms with Crippen molar-refractivity contribution in [3.63, 3.8) is 0 Å². The first-order valence-electron chi connectivity index (χ1n) is 10.7. The van der Waals surface area contributed by atoms with E-state index >= 15 is 0 Å². The third-order valence-electron chi connectivity index (χ3n) is 5.74. The number of nitrogens with two attached hydrogens (primary N) is 1. The number of pyridine rings is 1. The van der Waals surface area contributed by atoms with E-state index in [0.717, 1.165) is 10.9 Å². The molecule has 4 N–H and O–H groups in total. The molecule has 13 nitrogen and oxygen atoms in total. The summed E-state index contributed by atoms with van der Waals surface area (Å²) in [6, 6.07) is 10.4. The number of aromatic nitrogens is 3. The number of oxime groups is 1. The molecule has 0 bridgehead atoms. The van der Waals surface area contributed by atoms with Gasteiger partial charge in [-0.2, -0.15) is 9.55 Å². The monoisotopic (exact) mass is 510 g/mol. The number of hydrogen-bond donors (Lipinski definition) is 3. The first-order valence-corrected chi connectivity index (χ1v) is 11.7. The van der Waals surface area contributed by atoms with Crippen LogP contribution in [-0.2, 0) is 25.8 Å². The number of carboxylic acid groups (broad SMARTS) is 1. The lowest BCUT2D eigenvalue weighted by molar-refractivity contribution is -0.663. The molecule has 2 aromatic heterocycles. The van der Waals surface area contributed by atoms with Gasteiger partial charge in [0.15, 0.2) is 12.7 Å². The summed E-state index contributed by atoms with van der Waals surface area (Å²) < 4.78 is 6.62. The number of carbonyl (C=O) groups excluding carboxylic acids is 2. The number of fused-ring (bicyclic) bond motifs is 2. The average Bonchev–Trinajstić information content (AvgIpc) is 3.31. The molecular weight excluding hydrogens is 490 g/mol. The Kier molecular flexibility index (Phi) is 6.01. The van der Waals surface area contributed by atoms with Crippen molar-refractivity contribution in [3.8, 4) is 0 Å². The summed E-state index contributed by atoms with van der Waals surface area (Å²) in [6.45, 7) is 0.299. The second-order valence-electron chi connectivity index (χ2n) is 7.89. The lowest BCUT2D eigenvalue weighted by Crippen LogP contribution is -2.71. The van der Waals surface area contributed by atoms with E-state index in [9.17, 15) is 19.5 Å². The molecule has 4 heterocycles. The molecule has 36 heavy (non-hydrogen) atoms. The average molecular weight is 511 g/mol. The summed E-state index contributed by atoms with van der Waals surface area (Å²) in [7, 11) is 1.23. The van der Waals surface area contributed by atoms with Crippen LogP contribution in [0.1, 0.15) is 5.82 Å². The van der Waals surface area contributed by atoms with Crippen LogP contribution in [0, 0.1) is 0 Å². The fourth-order valence-corrected chi connectivity index (χ4v) is 5.52. The number of carbonyl (C=O) groups is 3. The SMILES string of the molecule is CON=C(C(=O)NC1C(=O)N2C(C(=O)O)=C(C[n+]3cccc4ccccc43)CS[C@@H]12)c1noc(N)n1. The Bertz CT molecular complexity index is 1450. The number of β-lactam (4-membered cyclic amide) rings is 1. The number of nitrogens with one attached hydrogen (secondary N) is 1. The summed E-state index contributed by atoms with van der Waals surface area (Å²) >= 11 is 1.36. The molecule has 2 aliphatic heterocycles. The minimum Gasteiger partial charge on any atom is -0.477 e. The van der Waals surface area contributed by atoms with Gasteiger partial charge in [0.25, 0.3) is 11.8 Å². The topological polar surface area (TPSA) is 177 Å². The third kappa shape index (κ3) is 4.00. The van der Waals surface area contributed by atoms with Crippen LogP contribution in [0.4, 0.5) is 6.01 Å². The molecular formula is C22H20N7O6S+. The number of carboxylic acids is 1. The van der Waals surface area contributed by atoms with Crippen LogP contribution in [0.25, 0.3) is 10.9 Å². The number of anilines is 1. The van der Waals surface area contributed by atoms with Gasteiger partial charge in [-0.1, -0.05) is 22.4 Å². The Balaban J connectivity index is 1.38. The largest absolute Gasteiger partial charge is 0.477 e. The standard InChI is InChI=1S/C22H19N7O6S/c1-34-26-14(17-25-22(23)35-27-17)18(30)24-15-19(31)29-16(21(32)33)12(10-36-20(15)29)9-28-8-4-6-11-5-2-3-7-13(11)28/h2-8,15,20H,9-10H2,1H3,(H3-,23,24,25,27,30,32,33)/p+1/t15?,20-/m0/s1. The molecule has 0 radical (unpaired) electrons. The van der Waals surface area contributed by atoms with Crippen LogP contribution < -0.4 is 15.6 Å². The van der Waals surface area contributed by atoms with Crippen LogP contribution in [-0.4, -0.2) is 67.9 Å². The Morgan fingerprint density at radius 1 is 1.36 bits per heavy atom. The van der Waals surface area contributed by atoms with Crippen molar-refractivity contribution in [3.05, 3.63) is 59.7 Å². The number of aliphatic carboxylic acids is 1.